The van der Waals surface area contributed by atoms with Crippen molar-refractivity contribution >= 4 is 17.3 Å². The highest BCUT2D eigenvalue weighted by atomic mass is 16.2. The number of hydrogen-bond acceptors (Lipinski definition) is 4. The fourth-order valence-electron chi connectivity index (χ4n) is 4.40. The quantitative estimate of drug-likeness (QED) is 0.745. The molecule has 0 aliphatic carbocycles. The lowest BCUT2D eigenvalue weighted by atomic mass is 10.1. The Hall–Kier alpha value is -3.12. The molecule has 0 bridgehead atoms. The van der Waals surface area contributed by atoms with Crippen LogP contribution in [-0.2, 0) is 6.54 Å². The standard InChI is InChI=1S/C23H25N5O/c1-15-10-20(13-24-12-15)28-23(29)22-17(3)27(16(2)21(22)14-25-28)19-7-4-6-18(11-19)26-8-5-9-26/h4,6-7,10-13,25H,5,8-9,14H2,1-3H3. The van der Waals surface area contributed by atoms with Crippen LogP contribution in [0.2, 0.25) is 0 Å². The Kier molecular flexibility index (Phi) is 4.17. The minimum Gasteiger partial charge on any atom is -0.371 e. The number of aryl methyl sites for hydroxylation is 1. The van der Waals surface area contributed by atoms with E-state index >= 15 is 0 Å². The maximum atomic E-state index is 13.4. The molecule has 0 spiro atoms. The van der Waals surface area contributed by atoms with E-state index in [-0.39, 0.29) is 5.91 Å². The van der Waals surface area contributed by atoms with Crippen LogP contribution in [0.1, 0.15) is 39.3 Å². The Balaban J connectivity index is 1.57. The Bertz CT molecular complexity index is 1110. The number of pyridine rings is 1. The van der Waals surface area contributed by atoms with E-state index in [1.165, 1.54) is 12.1 Å². The summed E-state index contributed by atoms with van der Waals surface area (Å²) in [5.74, 6) is -0.0307. The maximum Gasteiger partial charge on any atom is 0.274 e. The Morgan fingerprint density at radius 2 is 1.76 bits per heavy atom. The molecule has 0 unspecified atom stereocenters. The van der Waals surface area contributed by atoms with Crippen molar-refractivity contribution in [3.05, 3.63) is 70.8 Å². The number of amides is 1. The number of benzene rings is 1. The van der Waals surface area contributed by atoms with E-state index in [1.54, 1.807) is 17.4 Å². The summed E-state index contributed by atoms with van der Waals surface area (Å²) in [5, 5.41) is 1.62. The molecule has 2 aromatic heterocycles. The normalized spacial score (nSPS) is 16.0. The fraction of sp³-hybridized carbons (Fsp3) is 0.304. The summed E-state index contributed by atoms with van der Waals surface area (Å²) in [4.78, 5) is 20.0. The molecular formula is C23H25N5O. The molecule has 6 heteroatoms. The number of carbonyl (C=O) groups is 1. The van der Waals surface area contributed by atoms with E-state index in [0.717, 1.165) is 52.5 Å². The third-order valence-electron chi connectivity index (χ3n) is 6.03. The van der Waals surface area contributed by atoms with Gasteiger partial charge in [-0.1, -0.05) is 6.07 Å². The third kappa shape index (κ3) is 2.83. The summed E-state index contributed by atoms with van der Waals surface area (Å²) >= 11 is 0. The topological polar surface area (TPSA) is 53.4 Å². The smallest absolute Gasteiger partial charge is 0.274 e. The molecule has 1 N–H and O–H groups in total. The molecule has 0 saturated carbocycles. The Morgan fingerprint density at radius 1 is 0.966 bits per heavy atom. The number of nitrogens with zero attached hydrogens (tertiary/aromatic N) is 4. The van der Waals surface area contributed by atoms with Gasteiger partial charge in [0.2, 0.25) is 0 Å². The fourth-order valence-corrected chi connectivity index (χ4v) is 4.40. The van der Waals surface area contributed by atoms with Crippen LogP contribution in [0, 0.1) is 20.8 Å². The van der Waals surface area contributed by atoms with Crippen LogP contribution < -0.4 is 15.3 Å². The van der Waals surface area contributed by atoms with Crippen molar-refractivity contribution in [1.82, 2.24) is 15.0 Å². The Labute approximate surface area is 170 Å². The third-order valence-corrected chi connectivity index (χ3v) is 6.03. The van der Waals surface area contributed by atoms with Crippen molar-refractivity contribution in [2.24, 2.45) is 0 Å². The zero-order chi connectivity index (χ0) is 20.1. The highest BCUT2D eigenvalue weighted by molar-refractivity contribution is 6.08. The van der Waals surface area contributed by atoms with Crippen LogP contribution in [-0.4, -0.2) is 28.5 Å². The lowest BCUT2D eigenvalue weighted by Crippen LogP contribution is -2.47. The molecule has 6 nitrogen and oxygen atoms in total. The first-order chi connectivity index (χ1) is 14.0. The van der Waals surface area contributed by atoms with Crippen LogP contribution in [0.15, 0.2) is 42.7 Å². The molecule has 2 aliphatic rings. The van der Waals surface area contributed by atoms with Crippen LogP contribution in [0.4, 0.5) is 11.4 Å². The molecule has 1 amide bonds. The predicted octanol–water partition coefficient (Wildman–Crippen LogP) is 3.67. The summed E-state index contributed by atoms with van der Waals surface area (Å²) in [6.45, 7) is 8.96. The molecule has 4 heterocycles. The largest absolute Gasteiger partial charge is 0.371 e. The minimum atomic E-state index is -0.0307. The molecule has 3 aromatic rings. The molecule has 2 aliphatic heterocycles. The number of carbonyl (C=O) groups excluding carboxylic acids is 1. The highest BCUT2D eigenvalue weighted by Crippen LogP contribution is 2.32. The molecule has 1 saturated heterocycles. The number of rotatable bonds is 3. The lowest BCUT2D eigenvalue weighted by molar-refractivity contribution is 0.0963. The van der Waals surface area contributed by atoms with Gasteiger partial charge < -0.3 is 9.47 Å². The molecular weight excluding hydrogens is 362 g/mol. The van der Waals surface area contributed by atoms with E-state index in [2.05, 4.69) is 51.1 Å². The van der Waals surface area contributed by atoms with Gasteiger partial charge in [0, 0.05) is 54.2 Å². The molecule has 0 radical (unpaired) electrons. The van der Waals surface area contributed by atoms with Crippen molar-refractivity contribution in [3.8, 4) is 5.69 Å². The first-order valence-electron chi connectivity index (χ1n) is 10.1. The molecule has 148 valence electrons. The number of nitrogens with one attached hydrogen (secondary N) is 1. The van der Waals surface area contributed by atoms with Gasteiger partial charge in [-0.15, -0.1) is 0 Å². The van der Waals surface area contributed by atoms with E-state index < -0.39 is 0 Å². The van der Waals surface area contributed by atoms with Gasteiger partial charge in [0.05, 0.1) is 17.4 Å². The molecule has 29 heavy (non-hydrogen) atoms. The zero-order valence-corrected chi connectivity index (χ0v) is 17.1. The van der Waals surface area contributed by atoms with Gasteiger partial charge in [0.1, 0.15) is 0 Å². The van der Waals surface area contributed by atoms with Crippen LogP contribution in [0.25, 0.3) is 5.69 Å². The SMILES string of the molecule is Cc1cncc(N2NCc3c(c(C)n(-c4cccc(N5CCC5)c4)c3C)C2=O)c1. The first kappa shape index (κ1) is 17.9. The van der Waals surface area contributed by atoms with Gasteiger partial charge in [-0.2, -0.15) is 0 Å². The summed E-state index contributed by atoms with van der Waals surface area (Å²) in [5.41, 5.74) is 11.4. The van der Waals surface area contributed by atoms with Gasteiger partial charge in [-0.3, -0.25) is 9.78 Å². The van der Waals surface area contributed by atoms with Crippen LogP contribution in [0.5, 0.6) is 0 Å². The average molecular weight is 387 g/mol. The summed E-state index contributed by atoms with van der Waals surface area (Å²) in [7, 11) is 0. The number of anilines is 2. The maximum absolute atomic E-state index is 13.4. The van der Waals surface area contributed by atoms with E-state index in [1.807, 2.05) is 19.9 Å². The highest BCUT2D eigenvalue weighted by Gasteiger charge is 2.32. The molecule has 1 aromatic carbocycles. The van der Waals surface area contributed by atoms with Gasteiger partial charge >= 0.3 is 0 Å². The average Bonchev–Trinajstić information content (AvgIpc) is 2.92. The van der Waals surface area contributed by atoms with E-state index in [9.17, 15) is 4.79 Å². The van der Waals surface area contributed by atoms with Crippen molar-refractivity contribution < 1.29 is 4.79 Å². The molecule has 5 rings (SSSR count). The van der Waals surface area contributed by atoms with Crippen molar-refractivity contribution in [1.29, 1.82) is 0 Å². The summed E-state index contributed by atoms with van der Waals surface area (Å²) in [6, 6.07) is 10.6. The van der Waals surface area contributed by atoms with Crippen molar-refractivity contribution in [3.63, 3.8) is 0 Å². The second kappa shape index (κ2) is 6.74. The van der Waals surface area contributed by atoms with E-state index in [0.29, 0.717) is 6.54 Å². The van der Waals surface area contributed by atoms with Crippen molar-refractivity contribution in [2.45, 2.75) is 33.7 Å². The molecule has 0 atom stereocenters. The van der Waals surface area contributed by atoms with Crippen LogP contribution in [0.3, 0.4) is 0 Å². The summed E-state index contributed by atoms with van der Waals surface area (Å²) in [6.07, 6.45) is 4.77. The zero-order valence-electron chi connectivity index (χ0n) is 17.1. The second-order valence-electron chi connectivity index (χ2n) is 7.92. The van der Waals surface area contributed by atoms with Gasteiger partial charge in [0.25, 0.3) is 5.91 Å². The second-order valence-corrected chi connectivity index (χ2v) is 7.92. The summed E-state index contributed by atoms with van der Waals surface area (Å²) < 4.78 is 2.21. The van der Waals surface area contributed by atoms with Gasteiger partial charge in [-0.05, 0) is 57.0 Å². The van der Waals surface area contributed by atoms with Crippen LogP contribution >= 0.6 is 0 Å². The lowest BCUT2D eigenvalue weighted by Gasteiger charge is -2.33. The monoisotopic (exact) mass is 387 g/mol. The van der Waals surface area contributed by atoms with E-state index in [4.69, 9.17) is 0 Å². The number of hydrazine groups is 1. The minimum absolute atomic E-state index is 0.0307. The number of fused-ring (bicyclic) bond motifs is 1. The van der Waals surface area contributed by atoms with Crippen molar-refractivity contribution in [2.75, 3.05) is 23.0 Å². The molecule has 1 fully saturated rings. The first-order valence-corrected chi connectivity index (χ1v) is 10.1. The number of hydrogen-bond donors (Lipinski definition) is 1. The predicted molar refractivity (Wildman–Crippen MR) is 115 cm³/mol. The number of aromatic nitrogens is 2. The van der Waals surface area contributed by atoms with Gasteiger partial charge in [-0.25, -0.2) is 10.4 Å². The van der Waals surface area contributed by atoms with Gasteiger partial charge in [0.15, 0.2) is 0 Å². The Morgan fingerprint density at radius 3 is 2.48 bits per heavy atom.